The average Bonchev–Trinajstić information content (AvgIpc) is 1.99. The molecular weight excluding hydrogens is 160 g/mol. The number of halogens is 1. The van der Waals surface area contributed by atoms with Gasteiger partial charge in [-0.05, 0) is 18.8 Å². The maximum Gasteiger partial charge on any atom is 0.0431 e. The van der Waals surface area contributed by atoms with Crippen LogP contribution in [0.4, 0.5) is 0 Å². The molecule has 0 saturated heterocycles. The molecule has 0 aliphatic rings. The molecule has 0 aliphatic heterocycles. The lowest BCUT2D eigenvalue weighted by molar-refractivity contribution is 0.280. The fourth-order valence-electron chi connectivity index (χ4n) is 1.11. The molecule has 1 unspecified atom stereocenters. The minimum Gasteiger partial charge on any atom is -0.396 e. The topological polar surface area (TPSA) is 20.2 Å². The first-order valence-electron chi connectivity index (χ1n) is 4.48. The molecule has 1 nitrogen and oxygen atoms in total. The molecule has 0 amide bonds. The number of unbranched alkanes of at least 4 members (excludes halogenated alkanes) is 2. The summed E-state index contributed by atoms with van der Waals surface area (Å²) in [5, 5.41) is 8.51. The second-order valence-electron chi connectivity index (χ2n) is 3.16. The highest BCUT2D eigenvalue weighted by atomic mass is 35.5. The van der Waals surface area contributed by atoms with Crippen LogP contribution in [0.15, 0.2) is 0 Å². The van der Waals surface area contributed by atoms with Gasteiger partial charge in [-0.25, -0.2) is 0 Å². The molecule has 2 heteroatoms. The number of aliphatic hydroxyl groups is 1. The van der Waals surface area contributed by atoms with Crippen LogP contribution < -0.4 is 0 Å². The fourth-order valence-corrected chi connectivity index (χ4v) is 1.48. The summed E-state index contributed by atoms with van der Waals surface area (Å²) in [5.74, 6) is 1.53. The Morgan fingerprint density at radius 3 is 2.45 bits per heavy atom. The highest BCUT2D eigenvalue weighted by Crippen LogP contribution is 2.13. The Morgan fingerprint density at radius 2 is 1.91 bits per heavy atom. The van der Waals surface area contributed by atoms with Crippen molar-refractivity contribution < 1.29 is 5.11 Å². The summed E-state index contributed by atoms with van der Waals surface area (Å²) in [7, 11) is 0. The molecule has 0 aromatic heterocycles. The predicted molar refractivity (Wildman–Crippen MR) is 50.1 cm³/mol. The Labute approximate surface area is 74.8 Å². The van der Waals surface area contributed by atoms with Gasteiger partial charge in [-0.1, -0.05) is 26.2 Å². The van der Waals surface area contributed by atoms with Crippen molar-refractivity contribution in [2.75, 3.05) is 12.5 Å². The standard InChI is InChI=1S/C9H19ClO/c1-9(6-7-10)5-3-2-4-8-11/h9,11H,2-8H2,1H3. The lowest BCUT2D eigenvalue weighted by Gasteiger charge is -2.07. The number of hydrogen-bond acceptors (Lipinski definition) is 1. The normalized spacial score (nSPS) is 13.4. The van der Waals surface area contributed by atoms with Crippen LogP contribution in [0.25, 0.3) is 0 Å². The van der Waals surface area contributed by atoms with Crippen LogP contribution in [0.3, 0.4) is 0 Å². The summed E-state index contributed by atoms with van der Waals surface area (Å²) in [6, 6.07) is 0. The van der Waals surface area contributed by atoms with E-state index in [1.165, 1.54) is 12.8 Å². The van der Waals surface area contributed by atoms with E-state index in [0.29, 0.717) is 6.61 Å². The maximum absolute atomic E-state index is 8.51. The van der Waals surface area contributed by atoms with Crippen molar-refractivity contribution in [3.05, 3.63) is 0 Å². The molecule has 0 rings (SSSR count). The Bertz CT molecular complexity index is 76.0. The molecular formula is C9H19ClO. The minimum absolute atomic E-state index is 0.337. The minimum atomic E-state index is 0.337. The Kier molecular flexibility index (Phi) is 8.54. The maximum atomic E-state index is 8.51. The first-order valence-corrected chi connectivity index (χ1v) is 5.01. The van der Waals surface area contributed by atoms with E-state index in [-0.39, 0.29) is 0 Å². The predicted octanol–water partition coefficient (Wildman–Crippen LogP) is 2.80. The summed E-state index contributed by atoms with van der Waals surface area (Å²) in [5.41, 5.74) is 0. The van der Waals surface area contributed by atoms with Crippen molar-refractivity contribution in [2.24, 2.45) is 5.92 Å². The van der Waals surface area contributed by atoms with Crippen LogP contribution in [-0.2, 0) is 0 Å². The molecule has 0 fully saturated rings. The largest absolute Gasteiger partial charge is 0.396 e. The Morgan fingerprint density at radius 1 is 1.18 bits per heavy atom. The van der Waals surface area contributed by atoms with Crippen molar-refractivity contribution in [3.63, 3.8) is 0 Å². The molecule has 1 N–H and O–H groups in total. The summed E-state index contributed by atoms with van der Waals surface area (Å²) in [6.07, 6.45) is 5.72. The van der Waals surface area contributed by atoms with Gasteiger partial charge in [-0.3, -0.25) is 0 Å². The third-order valence-corrected chi connectivity index (χ3v) is 2.18. The summed E-state index contributed by atoms with van der Waals surface area (Å²) in [6.45, 7) is 2.57. The first kappa shape index (κ1) is 11.2. The van der Waals surface area contributed by atoms with Crippen LogP contribution in [0.2, 0.25) is 0 Å². The fraction of sp³-hybridized carbons (Fsp3) is 1.00. The molecule has 0 saturated carbocycles. The van der Waals surface area contributed by atoms with Crippen molar-refractivity contribution in [1.29, 1.82) is 0 Å². The van der Waals surface area contributed by atoms with E-state index >= 15 is 0 Å². The molecule has 1 atom stereocenters. The molecule has 0 heterocycles. The molecule has 0 aromatic carbocycles. The van der Waals surface area contributed by atoms with Crippen molar-refractivity contribution in [3.8, 4) is 0 Å². The van der Waals surface area contributed by atoms with E-state index in [0.717, 1.165) is 31.1 Å². The van der Waals surface area contributed by atoms with Gasteiger partial charge in [0, 0.05) is 12.5 Å². The number of aliphatic hydroxyl groups excluding tert-OH is 1. The van der Waals surface area contributed by atoms with Gasteiger partial charge in [0.25, 0.3) is 0 Å². The smallest absolute Gasteiger partial charge is 0.0431 e. The molecule has 0 bridgehead atoms. The monoisotopic (exact) mass is 178 g/mol. The Hall–Kier alpha value is 0.250. The van der Waals surface area contributed by atoms with Crippen molar-refractivity contribution >= 4 is 11.6 Å². The Balaban J connectivity index is 2.97. The highest BCUT2D eigenvalue weighted by Gasteiger charge is 1.99. The third-order valence-electron chi connectivity index (χ3n) is 1.96. The van der Waals surface area contributed by atoms with Gasteiger partial charge >= 0.3 is 0 Å². The molecule has 0 spiro atoms. The average molecular weight is 179 g/mol. The summed E-state index contributed by atoms with van der Waals surface area (Å²) in [4.78, 5) is 0. The molecule has 0 aromatic rings. The van der Waals surface area contributed by atoms with Crippen LogP contribution in [-0.4, -0.2) is 17.6 Å². The number of rotatable bonds is 7. The molecule has 0 radical (unpaired) electrons. The zero-order valence-electron chi connectivity index (χ0n) is 7.35. The number of alkyl halides is 1. The van der Waals surface area contributed by atoms with Gasteiger partial charge in [0.05, 0.1) is 0 Å². The van der Waals surface area contributed by atoms with Crippen LogP contribution in [0.5, 0.6) is 0 Å². The van der Waals surface area contributed by atoms with E-state index in [2.05, 4.69) is 6.92 Å². The van der Waals surface area contributed by atoms with Gasteiger partial charge in [0.1, 0.15) is 0 Å². The van der Waals surface area contributed by atoms with Gasteiger partial charge < -0.3 is 5.11 Å². The van der Waals surface area contributed by atoms with Crippen LogP contribution in [0, 0.1) is 5.92 Å². The van der Waals surface area contributed by atoms with Gasteiger partial charge in [-0.2, -0.15) is 0 Å². The van der Waals surface area contributed by atoms with Gasteiger partial charge in [0.15, 0.2) is 0 Å². The zero-order chi connectivity index (χ0) is 8.53. The zero-order valence-corrected chi connectivity index (χ0v) is 8.11. The van der Waals surface area contributed by atoms with E-state index in [4.69, 9.17) is 16.7 Å². The van der Waals surface area contributed by atoms with Gasteiger partial charge in [-0.15, -0.1) is 11.6 Å². The lowest BCUT2D eigenvalue weighted by atomic mass is 10.0. The molecule has 68 valence electrons. The van der Waals surface area contributed by atoms with Crippen LogP contribution >= 0.6 is 11.6 Å². The van der Waals surface area contributed by atoms with E-state index in [1.54, 1.807) is 0 Å². The second kappa shape index (κ2) is 8.35. The number of hydrogen-bond donors (Lipinski definition) is 1. The quantitative estimate of drug-likeness (QED) is 0.470. The van der Waals surface area contributed by atoms with Crippen molar-refractivity contribution in [1.82, 2.24) is 0 Å². The first-order chi connectivity index (χ1) is 5.31. The summed E-state index contributed by atoms with van der Waals surface area (Å²) >= 11 is 5.60. The van der Waals surface area contributed by atoms with Crippen LogP contribution in [0.1, 0.15) is 39.0 Å². The second-order valence-corrected chi connectivity index (χ2v) is 3.53. The molecule has 11 heavy (non-hydrogen) atoms. The van der Waals surface area contributed by atoms with Gasteiger partial charge in [0.2, 0.25) is 0 Å². The SMILES string of the molecule is CC(CCCl)CCCCCO. The lowest BCUT2D eigenvalue weighted by Crippen LogP contribution is -1.95. The third kappa shape index (κ3) is 8.15. The van der Waals surface area contributed by atoms with E-state index in [1.807, 2.05) is 0 Å². The van der Waals surface area contributed by atoms with E-state index in [9.17, 15) is 0 Å². The highest BCUT2D eigenvalue weighted by molar-refractivity contribution is 6.17. The molecule has 0 aliphatic carbocycles. The van der Waals surface area contributed by atoms with E-state index < -0.39 is 0 Å². The summed E-state index contributed by atoms with van der Waals surface area (Å²) < 4.78 is 0. The van der Waals surface area contributed by atoms with Crippen molar-refractivity contribution in [2.45, 2.75) is 39.0 Å².